The van der Waals surface area contributed by atoms with E-state index in [0.29, 0.717) is 6.61 Å². The molecule has 0 spiro atoms. The van der Waals surface area contributed by atoms with Gasteiger partial charge in [-0.1, -0.05) is 34.1 Å². The third kappa shape index (κ3) is 3.32. The molecule has 2 aromatic carbocycles. The Hall–Kier alpha value is -1.52. The summed E-state index contributed by atoms with van der Waals surface area (Å²) >= 11 is 3.56. The largest absolute Gasteiger partial charge is 0.497 e. The van der Waals surface area contributed by atoms with Crippen LogP contribution in [0.1, 0.15) is 24.1 Å². The fourth-order valence-corrected chi connectivity index (χ4v) is 2.61. The number of benzene rings is 2. The van der Waals surface area contributed by atoms with Crippen LogP contribution in [-0.4, -0.2) is 13.7 Å². The molecule has 0 fully saturated rings. The van der Waals surface area contributed by atoms with E-state index < -0.39 is 0 Å². The number of nitrogens with two attached hydrogens (primary N) is 1. The van der Waals surface area contributed by atoms with Gasteiger partial charge in [-0.3, -0.25) is 0 Å². The number of hydrogen-bond acceptors (Lipinski definition) is 3. The van der Waals surface area contributed by atoms with Crippen LogP contribution in [0.2, 0.25) is 0 Å². The quantitative estimate of drug-likeness (QED) is 0.900. The molecule has 0 bridgehead atoms. The van der Waals surface area contributed by atoms with Crippen LogP contribution in [0.15, 0.2) is 46.9 Å². The van der Waals surface area contributed by atoms with Crippen LogP contribution in [-0.2, 0) is 0 Å². The van der Waals surface area contributed by atoms with Crippen molar-refractivity contribution in [2.45, 2.75) is 13.0 Å². The highest BCUT2D eigenvalue weighted by Crippen LogP contribution is 2.30. The van der Waals surface area contributed by atoms with E-state index >= 15 is 0 Å². The standard InChI is InChI=1S/C16H18BrNO2/c1-3-20-13-8-9-14(15(17)10-13)16(18)11-4-6-12(19-2)7-5-11/h4-10,16H,3,18H2,1-2H3. The zero-order chi connectivity index (χ0) is 14.5. The topological polar surface area (TPSA) is 44.5 Å². The molecule has 1 unspecified atom stereocenters. The van der Waals surface area contributed by atoms with Gasteiger partial charge in [-0.15, -0.1) is 0 Å². The number of methoxy groups -OCH3 is 1. The molecule has 4 heteroatoms. The Labute approximate surface area is 127 Å². The molecule has 0 heterocycles. The fourth-order valence-electron chi connectivity index (χ4n) is 2.01. The van der Waals surface area contributed by atoms with E-state index in [9.17, 15) is 0 Å². The maximum Gasteiger partial charge on any atom is 0.120 e. The Balaban J connectivity index is 2.25. The van der Waals surface area contributed by atoms with Crippen LogP contribution in [0.3, 0.4) is 0 Å². The maximum atomic E-state index is 6.32. The second-order valence-electron chi connectivity index (χ2n) is 4.37. The Morgan fingerprint density at radius 2 is 1.75 bits per heavy atom. The third-order valence-corrected chi connectivity index (χ3v) is 3.78. The Morgan fingerprint density at radius 3 is 2.30 bits per heavy atom. The molecular weight excluding hydrogens is 318 g/mol. The van der Waals surface area contributed by atoms with Gasteiger partial charge in [0, 0.05) is 4.47 Å². The van der Waals surface area contributed by atoms with E-state index in [2.05, 4.69) is 15.9 Å². The van der Waals surface area contributed by atoms with Gasteiger partial charge in [0.05, 0.1) is 19.8 Å². The summed E-state index contributed by atoms with van der Waals surface area (Å²) in [6, 6.07) is 13.5. The molecule has 2 N–H and O–H groups in total. The first-order valence-electron chi connectivity index (χ1n) is 6.47. The van der Waals surface area contributed by atoms with Crippen LogP contribution < -0.4 is 15.2 Å². The summed E-state index contributed by atoms with van der Waals surface area (Å²) in [5.74, 6) is 1.66. The lowest BCUT2D eigenvalue weighted by Gasteiger charge is -2.16. The van der Waals surface area contributed by atoms with Gasteiger partial charge < -0.3 is 15.2 Å². The van der Waals surface area contributed by atoms with Crippen molar-refractivity contribution in [3.8, 4) is 11.5 Å². The highest BCUT2D eigenvalue weighted by atomic mass is 79.9. The molecule has 2 aromatic rings. The van der Waals surface area contributed by atoms with Crippen LogP contribution in [0.25, 0.3) is 0 Å². The molecule has 0 amide bonds. The molecule has 0 aliphatic rings. The Kier molecular flexibility index (Phi) is 5.04. The lowest BCUT2D eigenvalue weighted by molar-refractivity contribution is 0.340. The molecule has 20 heavy (non-hydrogen) atoms. The molecule has 0 radical (unpaired) electrons. The second kappa shape index (κ2) is 6.77. The smallest absolute Gasteiger partial charge is 0.120 e. The zero-order valence-corrected chi connectivity index (χ0v) is 13.2. The average molecular weight is 336 g/mol. The first-order chi connectivity index (χ1) is 9.65. The SMILES string of the molecule is CCOc1ccc(C(N)c2ccc(OC)cc2)c(Br)c1. The number of hydrogen-bond donors (Lipinski definition) is 1. The Bertz CT molecular complexity index is 569. The average Bonchev–Trinajstić information content (AvgIpc) is 2.47. The van der Waals surface area contributed by atoms with Gasteiger partial charge in [-0.2, -0.15) is 0 Å². The van der Waals surface area contributed by atoms with Crippen molar-refractivity contribution >= 4 is 15.9 Å². The van der Waals surface area contributed by atoms with Crippen molar-refractivity contribution in [2.75, 3.05) is 13.7 Å². The van der Waals surface area contributed by atoms with Crippen LogP contribution in [0.5, 0.6) is 11.5 Å². The van der Waals surface area contributed by atoms with Crippen molar-refractivity contribution < 1.29 is 9.47 Å². The minimum absolute atomic E-state index is 0.189. The van der Waals surface area contributed by atoms with E-state index in [0.717, 1.165) is 27.1 Å². The molecular formula is C16H18BrNO2. The number of rotatable bonds is 5. The van der Waals surface area contributed by atoms with E-state index in [1.165, 1.54) is 0 Å². The summed E-state index contributed by atoms with van der Waals surface area (Å²) in [7, 11) is 1.65. The third-order valence-electron chi connectivity index (χ3n) is 3.09. The van der Waals surface area contributed by atoms with Crippen molar-refractivity contribution in [1.82, 2.24) is 0 Å². The van der Waals surface area contributed by atoms with Gasteiger partial charge in [-0.05, 0) is 42.3 Å². The van der Waals surface area contributed by atoms with Gasteiger partial charge in [0.2, 0.25) is 0 Å². The van der Waals surface area contributed by atoms with E-state index in [1.807, 2.05) is 49.4 Å². The summed E-state index contributed by atoms with van der Waals surface area (Å²) in [4.78, 5) is 0. The highest BCUT2D eigenvalue weighted by molar-refractivity contribution is 9.10. The van der Waals surface area contributed by atoms with Crippen molar-refractivity contribution in [3.05, 3.63) is 58.1 Å². The molecule has 0 saturated heterocycles. The monoisotopic (exact) mass is 335 g/mol. The van der Waals surface area contributed by atoms with Gasteiger partial charge in [0.25, 0.3) is 0 Å². The van der Waals surface area contributed by atoms with Gasteiger partial charge in [-0.25, -0.2) is 0 Å². The van der Waals surface area contributed by atoms with Crippen LogP contribution >= 0.6 is 15.9 Å². The zero-order valence-electron chi connectivity index (χ0n) is 11.6. The van der Waals surface area contributed by atoms with E-state index in [-0.39, 0.29) is 6.04 Å². The lowest BCUT2D eigenvalue weighted by Crippen LogP contribution is -2.12. The van der Waals surface area contributed by atoms with E-state index in [4.69, 9.17) is 15.2 Å². The summed E-state index contributed by atoms with van der Waals surface area (Å²) in [5, 5.41) is 0. The molecule has 0 saturated carbocycles. The Morgan fingerprint density at radius 1 is 1.10 bits per heavy atom. The minimum atomic E-state index is -0.189. The van der Waals surface area contributed by atoms with Crippen molar-refractivity contribution in [1.29, 1.82) is 0 Å². The number of ether oxygens (including phenoxy) is 2. The lowest BCUT2D eigenvalue weighted by atomic mass is 9.99. The van der Waals surface area contributed by atoms with Crippen molar-refractivity contribution in [3.63, 3.8) is 0 Å². The van der Waals surface area contributed by atoms with Gasteiger partial charge in [0.15, 0.2) is 0 Å². The first-order valence-corrected chi connectivity index (χ1v) is 7.26. The predicted molar refractivity (Wildman–Crippen MR) is 84.3 cm³/mol. The van der Waals surface area contributed by atoms with Crippen molar-refractivity contribution in [2.24, 2.45) is 5.73 Å². The number of halogens is 1. The van der Waals surface area contributed by atoms with Crippen LogP contribution in [0, 0.1) is 0 Å². The second-order valence-corrected chi connectivity index (χ2v) is 5.22. The molecule has 1 atom stereocenters. The summed E-state index contributed by atoms with van der Waals surface area (Å²) in [6.07, 6.45) is 0. The summed E-state index contributed by atoms with van der Waals surface area (Å²) in [6.45, 7) is 2.61. The minimum Gasteiger partial charge on any atom is -0.497 e. The predicted octanol–water partition coefficient (Wildman–Crippen LogP) is 3.90. The maximum absolute atomic E-state index is 6.32. The molecule has 106 valence electrons. The summed E-state index contributed by atoms with van der Waals surface area (Å²) < 4.78 is 11.6. The normalized spacial score (nSPS) is 12.0. The molecule has 0 aliphatic heterocycles. The molecule has 3 nitrogen and oxygen atoms in total. The van der Waals surface area contributed by atoms with E-state index in [1.54, 1.807) is 7.11 Å². The molecule has 0 aliphatic carbocycles. The molecule has 2 rings (SSSR count). The first kappa shape index (κ1) is 14.9. The van der Waals surface area contributed by atoms with Crippen LogP contribution in [0.4, 0.5) is 0 Å². The fraction of sp³-hybridized carbons (Fsp3) is 0.250. The van der Waals surface area contributed by atoms with Gasteiger partial charge >= 0.3 is 0 Å². The molecule has 0 aromatic heterocycles. The van der Waals surface area contributed by atoms with Gasteiger partial charge in [0.1, 0.15) is 11.5 Å². The highest BCUT2D eigenvalue weighted by Gasteiger charge is 2.13. The summed E-state index contributed by atoms with van der Waals surface area (Å²) in [5.41, 5.74) is 8.39.